The first kappa shape index (κ1) is 20.1. The minimum absolute atomic E-state index is 0.0179. The highest BCUT2D eigenvalue weighted by molar-refractivity contribution is 7.91. The van der Waals surface area contributed by atoms with Crippen LogP contribution in [-0.4, -0.2) is 35.6 Å². The number of aryl methyl sites for hydroxylation is 2. The molecule has 0 aliphatic carbocycles. The van der Waals surface area contributed by atoms with Gasteiger partial charge in [0, 0.05) is 11.3 Å². The van der Waals surface area contributed by atoms with Crippen molar-refractivity contribution in [1.29, 1.82) is 5.26 Å². The van der Waals surface area contributed by atoms with E-state index < -0.39 is 15.7 Å². The third-order valence-electron chi connectivity index (χ3n) is 4.55. The van der Waals surface area contributed by atoms with Gasteiger partial charge in [0.05, 0.1) is 23.2 Å². The second kappa shape index (κ2) is 7.78. The summed E-state index contributed by atoms with van der Waals surface area (Å²) >= 11 is 6.41. The van der Waals surface area contributed by atoms with Crippen molar-refractivity contribution in [1.82, 2.24) is 9.78 Å². The Hall–Kier alpha value is -2.63. The lowest BCUT2D eigenvalue weighted by molar-refractivity contribution is -0.112. The molecule has 146 valence electrons. The molecule has 1 aliphatic rings. The van der Waals surface area contributed by atoms with Gasteiger partial charge in [-0.1, -0.05) is 23.7 Å². The lowest BCUT2D eigenvalue weighted by Crippen LogP contribution is -2.13. The Morgan fingerprint density at radius 3 is 2.79 bits per heavy atom. The lowest BCUT2D eigenvalue weighted by atomic mass is 10.1. The zero-order chi connectivity index (χ0) is 20.5. The Morgan fingerprint density at radius 1 is 1.43 bits per heavy atom. The number of carbonyl (C=O) groups is 1. The van der Waals surface area contributed by atoms with Crippen LogP contribution in [0.25, 0.3) is 6.08 Å². The van der Waals surface area contributed by atoms with Crippen LogP contribution in [0.3, 0.4) is 0 Å². The molecule has 0 bridgehead atoms. The average Bonchev–Trinajstić information content (AvgIpc) is 3.12. The first-order chi connectivity index (χ1) is 13.2. The van der Waals surface area contributed by atoms with Crippen molar-refractivity contribution in [2.75, 3.05) is 16.8 Å². The smallest absolute Gasteiger partial charge is 0.266 e. The minimum atomic E-state index is -3.09. The monoisotopic (exact) mass is 418 g/mol. The van der Waals surface area contributed by atoms with Gasteiger partial charge < -0.3 is 5.32 Å². The zero-order valence-electron chi connectivity index (χ0n) is 15.4. The molecule has 0 saturated carbocycles. The van der Waals surface area contributed by atoms with Gasteiger partial charge in [0.1, 0.15) is 16.8 Å². The molecule has 0 spiro atoms. The summed E-state index contributed by atoms with van der Waals surface area (Å²) in [6.07, 6.45) is 1.82. The number of nitrogens with zero attached hydrogens (tertiary/aromatic N) is 3. The first-order valence-corrected chi connectivity index (χ1v) is 10.8. The molecule has 0 unspecified atom stereocenters. The van der Waals surface area contributed by atoms with Crippen LogP contribution in [0.1, 0.15) is 29.3 Å². The molecule has 1 saturated heterocycles. The summed E-state index contributed by atoms with van der Waals surface area (Å²) in [5.74, 6) is -0.476. The molecular weight excluding hydrogens is 400 g/mol. The Bertz CT molecular complexity index is 1110. The molecule has 3 rings (SSSR count). The van der Waals surface area contributed by atoms with E-state index in [2.05, 4.69) is 10.4 Å². The fourth-order valence-corrected chi connectivity index (χ4v) is 5.18. The molecule has 1 atom stereocenters. The third-order valence-corrected chi connectivity index (χ3v) is 6.68. The second-order valence-corrected chi connectivity index (χ2v) is 9.37. The predicted octanol–water partition coefficient (Wildman–Crippen LogP) is 3.06. The standard InChI is InChI=1S/C19H19ClN4O3S/c1-12-4-3-5-15(8-12)22-19(25)14(10-21)9-17-13(2)23-24(18(17)20)16-6-7-28(26,27)11-16/h3-5,8-9,16H,6-7,11H2,1-2H3,(H,22,25)/b14-9+/t16-/m1/s1. The highest BCUT2D eigenvalue weighted by atomic mass is 35.5. The van der Waals surface area contributed by atoms with Crippen LogP contribution in [-0.2, 0) is 14.6 Å². The maximum atomic E-state index is 12.5. The van der Waals surface area contributed by atoms with Crippen molar-refractivity contribution in [3.8, 4) is 6.07 Å². The summed E-state index contributed by atoms with van der Waals surface area (Å²) < 4.78 is 24.9. The van der Waals surface area contributed by atoms with Gasteiger partial charge in [-0.3, -0.25) is 4.79 Å². The Balaban J connectivity index is 1.88. The number of carbonyl (C=O) groups excluding carboxylic acids is 1. The number of nitrogens with one attached hydrogen (secondary N) is 1. The number of aromatic nitrogens is 2. The van der Waals surface area contributed by atoms with E-state index in [1.54, 1.807) is 25.1 Å². The summed E-state index contributed by atoms with van der Waals surface area (Å²) in [7, 11) is -3.09. The number of nitriles is 1. The van der Waals surface area contributed by atoms with E-state index in [1.165, 1.54) is 10.8 Å². The normalized spacial score (nSPS) is 18.6. The maximum absolute atomic E-state index is 12.5. The maximum Gasteiger partial charge on any atom is 0.266 e. The number of anilines is 1. The van der Waals surface area contributed by atoms with Crippen LogP contribution in [0, 0.1) is 25.2 Å². The van der Waals surface area contributed by atoms with Gasteiger partial charge in [-0.05, 0) is 44.0 Å². The van der Waals surface area contributed by atoms with E-state index in [0.717, 1.165) is 5.56 Å². The number of rotatable bonds is 4. The topological polar surface area (TPSA) is 105 Å². The second-order valence-electron chi connectivity index (χ2n) is 6.78. The van der Waals surface area contributed by atoms with Crippen LogP contribution in [0.15, 0.2) is 29.8 Å². The number of hydrogen-bond donors (Lipinski definition) is 1. The Labute approximate surface area is 168 Å². The van der Waals surface area contributed by atoms with Gasteiger partial charge in [-0.15, -0.1) is 0 Å². The molecule has 1 fully saturated rings. The molecule has 28 heavy (non-hydrogen) atoms. The quantitative estimate of drug-likeness (QED) is 0.606. The van der Waals surface area contributed by atoms with Crippen molar-refractivity contribution < 1.29 is 13.2 Å². The molecule has 1 aromatic carbocycles. The molecule has 2 aromatic rings. The van der Waals surface area contributed by atoms with E-state index >= 15 is 0 Å². The van der Waals surface area contributed by atoms with Crippen molar-refractivity contribution in [2.45, 2.75) is 26.3 Å². The molecule has 0 radical (unpaired) electrons. The van der Waals surface area contributed by atoms with Crippen LogP contribution in [0.4, 0.5) is 5.69 Å². The summed E-state index contributed by atoms with van der Waals surface area (Å²) in [6.45, 7) is 3.60. The van der Waals surface area contributed by atoms with Gasteiger partial charge in [-0.25, -0.2) is 13.1 Å². The number of sulfone groups is 1. The highest BCUT2D eigenvalue weighted by Gasteiger charge is 2.32. The first-order valence-electron chi connectivity index (χ1n) is 8.65. The molecule has 1 N–H and O–H groups in total. The Morgan fingerprint density at radius 2 is 2.18 bits per heavy atom. The van der Waals surface area contributed by atoms with Crippen molar-refractivity contribution in [3.63, 3.8) is 0 Å². The van der Waals surface area contributed by atoms with Gasteiger partial charge in [-0.2, -0.15) is 10.4 Å². The lowest BCUT2D eigenvalue weighted by Gasteiger charge is -2.09. The molecule has 9 heteroatoms. The third kappa shape index (κ3) is 4.26. The number of hydrogen-bond acceptors (Lipinski definition) is 5. The highest BCUT2D eigenvalue weighted by Crippen LogP contribution is 2.31. The van der Waals surface area contributed by atoms with Gasteiger partial charge in [0.25, 0.3) is 5.91 Å². The van der Waals surface area contributed by atoms with Gasteiger partial charge >= 0.3 is 0 Å². The van der Waals surface area contributed by atoms with Crippen LogP contribution >= 0.6 is 11.6 Å². The number of halogens is 1. The largest absolute Gasteiger partial charge is 0.321 e. The summed E-state index contributed by atoms with van der Waals surface area (Å²) in [5.41, 5.74) is 2.39. The molecule has 1 aromatic heterocycles. The van der Waals surface area contributed by atoms with Crippen LogP contribution in [0.5, 0.6) is 0 Å². The SMILES string of the molecule is Cc1cccc(NC(=O)/C(C#N)=C/c2c(C)nn([C@@H]3CCS(=O)(=O)C3)c2Cl)c1. The van der Waals surface area contributed by atoms with E-state index in [1.807, 2.05) is 19.1 Å². The van der Waals surface area contributed by atoms with E-state index in [-0.39, 0.29) is 28.3 Å². The van der Waals surface area contributed by atoms with E-state index in [9.17, 15) is 18.5 Å². The van der Waals surface area contributed by atoms with Gasteiger partial charge in [0.15, 0.2) is 9.84 Å². The summed E-state index contributed by atoms with van der Waals surface area (Å²) in [6, 6.07) is 8.78. The summed E-state index contributed by atoms with van der Waals surface area (Å²) in [4.78, 5) is 12.5. The van der Waals surface area contributed by atoms with Crippen molar-refractivity contribution in [2.24, 2.45) is 0 Å². The molecule has 7 nitrogen and oxygen atoms in total. The minimum Gasteiger partial charge on any atom is -0.321 e. The number of amides is 1. The van der Waals surface area contributed by atoms with Gasteiger partial charge in [0.2, 0.25) is 0 Å². The predicted molar refractivity (Wildman–Crippen MR) is 108 cm³/mol. The summed E-state index contributed by atoms with van der Waals surface area (Å²) in [5, 5.41) is 16.7. The number of benzene rings is 1. The molecule has 1 aliphatic heterocycles. The van der Waals surface area contributed by atoms with Crippen molar-refractivity contribution in [3.05, 3.63) is 51.8 Å². The molecular formula is C19H19ClN4O3S. The Kier molecular flexibility index (Phi) is 5.59. The molecule has 1 amide bonds. The van der Waals surface area contributed by atoms with E-state index in [4.69, 9.17) is 11.6 Å². The fraction of sp³-hybridized carbons (Fsp3) is 0.316. The van der Waals surface area contributed by atoms with Crippen LogP contribution < -0.4 is 5.32 Å². The average molecular weight is 419 g/mol. The van der Waals surface area contributed by atoms with E-state index in [0.29, 0.717) is 23.4 Å². The van der Waals surface area contributed by atoms with Crippen LogP contribution in [0.2, 0.25) is 5.15 Å². The fourth-order valence-electron chi connectivity index (χ4n) is 3.12. The van der Waals surface area contributed by atoms with Crippen molar-refractivity contribution >= 4 is 39.1 Å². The zero-order valence-corrected chi connectivity index (χ0v) is 17.0. The molecule has 2 heterocycles.